The number of piperazine rings is 1. The molecule has 1 saturated heterocycles. The predicted molar refractivity (Wildman–Crippen MR) is 103 cm³/mol. The Morgan fingerprint density at radius 2 is 1.88 bits per heavy atom. The van der Waals surface area contributed by atoms with E-state index in [9.17, 15) is 9.50 Å². The lowest BCUT2D eigenvalue weighted by molar-refractivity contribution is 0.369. The van der Waals surface area contributed by atoms with Gasteiger partial charge in [0.2, 0.25) is 0 Å². The van der Waals surface area contributed by atoms with E-state index in [1.807, 2.05) is 31.2 Å². The number of anilines is 1. The van der Waals surface area contributed by atoms with Gasteiger partial charge in [0.25, 0.3) is 0 Å². The number of nitrogens with zero attached hydrogens (tertiary/aromatic N) is 3. The number of benzene rings is 2. The van der Waals surface area contributed by atoms with Crippen molar-refractivity contribution in [2.75, 3.05) is 37.6 Å². The molecule has 0 saturated carbocycles. The van der Waals surface area contributed by atoms with Crippen LogP contribution in [0.15, 0.2) is 53.5 Å². The molecule has 0 amide bonds. The number of rotatable bonds is 4. The number of guanidine groups is 1. The molecule has 0 bridgehead atoms. The summed E-state index contributed by atoms with van der Waals surface area (Å²) in [5.41, 5.74) is 1.72. The van der Waals surface area contributed by atoms with Gasteiger partial charge >= 0.3 is 0 Å². The molecule has 0 aliphatic carbocycles. The highest BCUT2D eigenvalue weighted by molar-refractivity contribution is 5.80. The molecule has 5 nitrogen and oxygen atoms in total. The van der Waals surface area contributed by atoms with Gasteiger partial charge in [-0.1, -0.05) is 24.3 Å². The average molecular weight is 356 g/mol. The summed E-state index contributed by atoms with van der Waals surface area (Å²) < 4.78 is 13.3. The Labute approximate surface area is 153 Å². The Hall–Kier alpha value is -2.76. The fourth-order valence-electron chi connectivity index (χ4n) is 3.12. The SMILES string of the molecule is CCNC(=NCc1cccc(F)c1)N1CCN(c2ccccc2O)CC1. The van der Waals surface area contributed by atoms with Crippen LogP contribution in [0, 0.1) is 5.82 Å². The maximum atomic E-state index is 13.3. The third-order valence-corrected chi connectivity index (χ3v) is 4.44. The van der Waals surface area contributed by atoms with Crippen molar-refractivity contribution in [2.45, 2.75) is 13.5 Å². The van der Waals surface area contributed by atoms with Crippen LogP contribution in [0.25, 0.3) is 0 Å². The molecule has 1 aliphatic heterocycles. The van der Waals surface area contributed by atoms with Crippen molar-refractivity contribution in [1.82, 2.24) is 10.2 Å². The van der Waals surface area contributed by atoms with Gasteiger partial charge in [0.05, 0.1) is 12.2 Å². The molecule has 0 aromatic heterocycles. The second-order valence-electron chi connectivity index (χ2n) is 6.26. The summed E-state index contributed by atoms with van der Waals surface area (Å²) in [6.07, 6.45) is 0. The van der Waals surface area contributed by atoms with E-state index >= 15 is 0 Å². The van der Waals surface area contributed by atoms with Gasteiger partial charge in [-0.2, -0.15) is 0 Å². The van der Waals surface area contributed by atoms with Gasteiger partial charge in [-0.25, -0.2) is 9.38 Å². The van der Waals surface area contributed by atoms with Crippen molar-refractivity contribution in [3.05, 3.63) is 59.9 Å². The van der Waals surface area contributed by atoms with E-state index in [0.29, 0.717) is 12.3 Å². The van der Waals surface area contributed by atoms with E-state index in [2.05, 4.69) is 20.1 Å². The quantitative estimate of drug-likeness (QED) is 0.653. The monoisotopic (exact) mass is 356 g/mol. The van der Waals surface area contributed by atoms with Gasteiger partial charge in [-0.3, -0.25) is 0 Å². The summed E-state index contributed by atoms with van der Waals surface area (Å²) >= 11 is 0. The molecule has 1 heterocycles. The van der Waals surface area contributed by atoms with Gasteiger partial charge in [0.1, 0.15) is 11.6 Å². The highest BCUT2D eigenvalue weighted by Gasteiger charge is 2.21. The fraction of sp³-hybridized carbons (Fsp3) is 0.350. The molecule has 0 atom stereocenters. The largest absolute Gasteiger partial charge is 0.506 e. The summed E-state index contributed by atoms with van der Waals surface area (Å²) in [5.74, 6) is 0.917. The van der Waals surface area contributed by atoms with Crippen LogP contribution in [0.3, 0.4) is 0 Å². The molecule has 1 aliphatic rings. The van der Waals surface area contributed by atoms with E-state index in [0.717, 1.165) is 49.9 Å². The van der Waals surface area contributed by atoms with Gasteiger partial charge in [-0.15, -0.1) is 0 Å². The Balaban J connectivity index is 1.64. The number of para-hydroxylation sites is 2. The zero-order valence-electron chi connectivity index (χ0n) is 15.0. The molecule has 2 aromatic carbocycles. The number of hydrogen-bond acceptors (Lipinski definition) is 3. The molecule has 2 aromatic rings. The summed E-state index contributed by atoms with van der Waals surface area (Å²) in [4.78, 5) is 9.05. The molecule has 6 heteroatoms. The number of nitrogens with one attached hydrogen (secondary N) is 1. The number of phenols is 1. The van der Waals surface area contributed by atoms with Crippen LogP contribution in [-0.4, -0.2) is 48.7 Å². The van der Waals surface area contributed by atoms with Crippen LogP contribution in [0.5, 0.6) is 5.75 Å². The maximum absolute atomic E-state index is 13.3. The second-order valence-corrected chi connectivity index (χ2v) is 6.26. The van der Waals surface area contributed by atoms with Crippen molar-refractivity contribution in [3.8, 4) is 5.75 Å². The first-order valence-corrected chi connectivity index (χ1v) is 8.98. The van der Waals surface area contributed by atoms with Crippen LogP contribution >= 0.6 is 0 Å². The zero-order valence-corrected chi connectivity index (χ0v) is 15.0. The minimum Gasteiger partial charge on any atom is -0.506 e. The fourth-order valence-corrected chi connectivity index (χ4v) is 3.12. The molecule has 0 unspecified atom stereocenters. The Morgan fingerprint density at radius 3 is 2.58 bits per heavy atom. The second kappa shape index (κ2) is 8.56. The van der Waals surface area contributed by atoms with Crippen molar-refractivity contribution in [1.29, 1.82) is 0 Å². The van der Waals surface area contributed by atoms with Crippen LogP contribution in [0.2, 0.25) is 0 Å². The first-order valence-electron chi connectivity index (χ1n) is 8.98. The highest BCUT2D eigenvalue weighted by Crippen LogP contribution is 2.27. The molecule has 0 spiro atoms. The highest BCUT2D eigenvalue weighted by atomic mass is 19.1. The van der Waals surface area contributed by atoms with Gasteiger partial charge in [0.15, 0.2) is 5.96 Å². The predicted octanol–water partition coefficient (Wildman–Crippen LogP) is 2.82. The molecule has 1 fully saturated rings. The molecule has 26 heavy (non-hydrogen) atoms. The number of halogens is 1. The van der Waals surface area contributed by atoms with Gasteiger partial charge in [-0.05, 0) is 36.8 Å². The smallest absolute Gasteiger partial charge is 0.194 e. The molecule has 138 valence electrons. The van der Waals surface area contributed by atoms with E-state index in [4.69, 9.17) is 0 Å². The minimum atomic E-state index is -0.237. The number of aromatic hydroxyl groups is 1. The summed E-state index contributed by atoms with van der Waals surface area (Å²) in [6.45, 7) is 6.49. The lowest BCUT2D eigenvalue weighted by atomic mass is 10.2. The number of aliphatic imine (C=N–C) groups is 1. The van der Waals surface area contributed by atoms with Crippen LogP contribution in [0.1, 0.15) is 12.5 Å². The molecule has 3 rings (SSSR count). The lowest BCUT2D eigenvalue weighted by Gasteiger charge is -2.37. The topological polar surface area (TPSA) is 51.1 Å². The third kappa shape index (κ3) is 4.45. The van der Waals surface area contributed by atoms with Crippen LogP contribution < -0.4 is 10.2 Å². The normalized spacial score (nSPS) is 15.2. The Morgan fingerprint density at radius 1 is 1.12 bits per heavy atom. The molecule has 2 N–H and O–H groups in total. The van der Waals surface area contributed by atoms with Gasteiger partial charge < -0.3 is 20.2 Å². The van der Waals surface area contributed by atoms with Gasteiger partial charge in [0, 0.05) is 32.7 Å². The number of phenolic OH excluding ortho intramolecular Hbond substituents is 1. The van der Waals surface area contributed by atoms with E-state index in [-0.39, 0.29) is 5.82 Å². The summed E-state index contributed by atoms with van der Waals surface area (Å²) in [5, 5.41) is 13.4. The van der Waals surface area contributed by atoms with Crippen LogP contribution in [0.4, 0.5) is 10.1 Å². The van der Waals surface area contributed by atoms with Crippen molar-refractivity contribution in [2.24, 2.45) is 4.99 Å². The minimum absolute atomic E-state index is 0.237. The van der Waals surface area contributed by atoms with Crippen LogP contribution in [-0.2, 0) is 6.54 Å². The third-order valence-electron chi connectivity index (χ3n) is 4.44. The van der Waals surface area contributed by atoms with Crippen molar-refractivity contribution in [3.63, 3.8) is 0 Å². The average Bonchev–Trinajstić information content (AvgIpc) is 2.66. The van der Waals surface area contributed by atoms with E-state index in [1.54, 1.807) is 12.1 Å². The standard InChI is InChI=1S/C20H25FN4O/c1-2-22-20(23-15-16-6-5-7-17(21)14-16)25-12-10-24(11-13-25)18-8-3-4-9-19(18)26/h3-9,14,26H,2,10-13,15H2,1H3,(H,22,23). The Kier molecular flexibility index (Phi) is 5.94. The van der Waals surface area contributed by atoms with E-state index < -0.39 is 0 Å². The maximum Gasteiger partial charge on any atom is 0.194 e. The van der Waals surface area contributed by atoms with Crippen molar-refractivity contribution < 1.29 is 9.50 Å². The molecular weight excluding hydrogens is 331 g/mol. The van der Waals surface area contributed by atoms with E-state index in [1.165, 1.54) is 12.1 Å². The lowest BCUT2D eigenvalue weighted by Crippen LogP contribution is -2.52. The first-order chi connectivity index (χ1) is 12.7. The Bertz CT molecular complexity index is 757. The number of hydrogen-bond donors (Lipinski definition) is 2. The summed E-state index contributed by atoms with van der Waals surface area (Å²) in [6, 6.07) is 14.0. The summed E-state index contributed by atoms with van der Waals surface area (Å²) in [7, 11) is 0. The molecule has 0 radical (unpaired) electrons. The first kappa shape index (κ1) is 18.0. The zero-order chi connectivity index (χ0) is 18.4. The van der Waals surface area contributed by atoms with Crippen molar-refractivity contribution >= 4 is 11.6 Å². The molecular formula is C20H25FN4O.